The molecule has 1 aliphatic heterocycles. The Morgan fingerprint density at radius 3 is 3.00 bits per heavy atom. The molecule has 120 valence electrons. The van der Waals surface area contributed by atoms with Crippen LogP contribution in [0.1, 0.15) is 25.7 Å². The van der Waals surface area contributed by atoms with Crippen molar-refractivity contribution < 1.29 is 4.79 Å². The minimum Gasteiger partial charge on any atom is -0.292 e. The van der Waals surface area contributed by atoms with Gasteiger partial charge in [0.1, 0.15) is 11.7 Å². The molecule has 2 aromatic heterocycles. The normalized spacial score (nSPS) is 26.7. The number of aromatic amines is 1. The number of pyridine rings is 1. The summed E-state index contributed by atoms with van der Waals surface area (Å²) in [6.07, 6.45) is 6.27. The fourth-order valence-corrected chi connectivity index (χ4v) is 3.42. The fourth-order valence-electron chi connectivity index (χ4n) is 3.42. The van der Waals surface area contributed by atoms with Gasteiger partial charge in [-0.1, -0.05) is 18.9 Å². The molecule has 4 N–H and O–H groups in total. The predicted octanol–water partition coefficient (Wildman–Crippen LogP) is 0.840. The highest BCUT2D eigenvalue weighted by Crippen LogP contribution is 2.30. The van der Waals surface area contributed by atoms with Gasteiger partial charge in [0.15, 0.2) is 5.82 Å². The molecule has 2 aromatic rings. The number of hydrazine groups is 1. The maximum Gasteiger partial charge on any atom is 0.249 e. The standard InChI is InChI=1S/C15H19N7O/c23-14(12-9-5-1-2-6-10(9)19-20-12)18-15-17-13(21-22-15)11-7-3-4-8-16-11/h3-4,7-10,12,19-20H,1-2,5-6H2,(H2,17,18,21,22,23). The Morgan fingerprint density at radius 1 is 1.22 bits per heavy atom. The zero-order valence-electron chi connectivity index (χ0n) is 12.6. The van der Waals surface area contributed by atoms with Crippen molar-refractivity contribution in [1.82, 2.24) is 31.0 Å². The first-order chi connectivity index (χ1) is 11.3. The highest BCUT2D eigenvalue weighted by Gasteiger charge is 2.41. The van der Waals surface area contributed by atoms with E-state index in [1.165, 1.54) is 12.8 Å². The van der Waals surface area contributed by atoms with Crippen molar-refractivity contribution in [2.45, 2.75) is 37.8 Å². The van der Waals surface area contributed by atoms with Gasteiger partial charge in [-0.25, -0.2) is 5.43 Å². The highest BCUT2D eigenvalue weighted by molar-refractivity contribution is 5.94. The number of anilines is 1. The summed E-state index contributed by atoms with van der Waals surface area (Å²) in [5.41, 5.74) is 7.04. The Hall–Kier alpha value is -2.32. The van der Waals surface area contributed by atoms with E-state index >= 15 is 0 Å². The topological polar surface area (TPSA) is 108 Å². The van der Waals surface area contributed by atoms with E-state index in [4.69, 9.17) is 0 Å². The van der Waals surface area contributed by atoms with E-state index < -0.39 is 0 Å². The summed E-state index contributed by atoms with van der Waals surface area (Å²) in [4.78, 5) is 21.0. The fraction of sp³-hybridized carbons (Fsp3) is 0.467. The zero-order chi connectivity index (χ0) is 15.6. The van der Waals surface area contributed by atoms with Crippen LogP contribution in [0, 0.1) is 5.92 Å². The zero-order valence-corrected chi connectivity index (χ0v) is 12.6. The Morgan fingerprint density at radius 2 is 2.13 bits per heavy atom. The van der Waals surface area contributed by atoms with Crippen LogP contribution < -0.4 is 16.2 Å². The molecule has 0 bridgehead atoms. The van der Waals surface area contributed by atoms with Gasteiger partial charge in [-0.15, -0.1) is 5.10 Å². The number of H-pyrrole nitrogens is 1. The number of fused-ring (bicyclic) bond motifs is 1. The second-order valence-corrected chi connectivity index (χ2v) is 6.03. The van der Waals surface area contributed by atoms with Crippen molar-refractivity contribution in [3.05, 3.63) is 24.4 Å². The molecule has 0 aromatic carbocycles. The molecule has 1 amide bonds. The molecule has 3 heterocycles. The maximum atomic E-state index is 12.5. The quantitative estimate of drug-likeness (QED) is 0.669. The van der Waals surface area contributed by atoms with Gasteiger partial charge >= 0.3 is 0 Å². The van der Waals surface area contributed by atoms with Crippen LogP contribution in [0.25, 0.3) is 11.5 Å². The molecule has 1 saturated carbocycles. The summed E-state index contributed by atoms with van der Waals surface area (Å²) in [7, 11) is 0. The van der Waals surface area contributed by atoms with Gasteiger partial charge in [0.2, 0.25) is 11.9 Å². The molecule has 2 aliphatic rings. The Balaban J connectivity index is 1.44. The second-order valence-electron chi connectivity index (χ2n) is 6.03. The van der Waals surface area contributed by atoms with Gasteiger partial charge in [0.25, 0.3) is 0 Å². The summed E-state index contributed by atoms with van der Waals surface area (Å²) < 4.78 is 0. The SMILES string of the molecule is O=C(Nc1n[nH]c(-c2ccccn2)n1)C1NNC2CCCCC21. The molecule has 4 rings (SSSR count). The minimum absolute atomic E-state index is 0.0986. The van der Waals surface area contributed by atoms with Crippen LogP contribution >= 0.6 is 0 Å². The summed E-state index contributed by atoms with van der Waals surface area (Å²) in [5, 5.41) is 9.64. The van der Waals surface area contributed by atoms with Crippen molar-refractivity contribution in [3.8, 4) is 11.5 Å². The predicted molar refractivity (Wildman–Crippen MR) is 84.0 cm³/mol. The Bertz CT molecular complexity index is 686. The first-order valence-electron chi connectivity index (χ1n) is 7.97. The molecular weight excluding hydrogens is 294 g/mol. The molecular formula is C15H19N7O. The number of nitrogens with zero attached hydrogens (tertiary/aromatic N) is 3. The van der Waals surface area contributed by atoms with Gasteiger partial charge in [0.05, 0.1) is 0 Å². The largest absolute Gasteiger partial charge is 0.292 e. The third kappa shape index (κ3) is 2.82. The summed E-state index contributed by atoms with van der Waals surface area (Å²) >= 11 is 0. The van der Waals surface area contributed by atoms with Crippen LogP contribution in [0.15, 0.2) is 24.4 Å². The molecule has 0 spiro atoms. The molecule has 3 atom stereocenters. The average molecular weight is 313 g/mol. The van der Waals surface area contributed by atoms with Crippen LogP contribution in [0.3, 0.4) is 0 Å². The lowest BCUT2D eigenvalue weighted by Crippen LogP contribution is -2.42. The number of hydrogen-bond donors (Lipinski definition) is 4. The summed E-state index contributed by atoms with van der Waals surface area (Å²) in [5.74, 6) is 1.04. The van der Waals surface area contributed by atoms with E-state index in [1.54, 1.807) is 6.20 Å². The van der Waals surface area contributed by atoms with Gasteiger partial charge in [-0.2, -0.15) is 4.98 Å². The molecule has 1 saturated heterocycles. The lowest BCUT2D eigenvalue weighted by atomic mass is 9.81. The first-order valence-corrected chi connectivity index (χ1v) is 7.97. The minimum atomic E-state index is -0.239. The van der Waals surface area contributed by atoms with Crippen molar-refractivity contribution in [1.29, 1.82) is 0 Å². The van der Waals surface area contributed by atoms with Crippen LogP contribution in [-0.2, 0) is 4.79 Å². The van der Waals surface area contributed by atoms with Crippen molar-refractivity contribution >= 4 is 11.9 Å². The van der Waals surface area contributed by atoms with Crippen LogP contribution in [0.2, 0.25) is 0 Å². The van der Waals surface area contributed by atoms with Crippen LogP contribution in [0.4, 0.5) is 5.95 Å². The van der Waals surface area contributed by atoms with Crippen LogP contribution in [0.5, 0.6) is 0 Å². The average Bonchev–Trinajstić information content (AvgIpc) is 3.22. The van der Waals surface area contributed by atoms with E-state index in [9.17, 15) is 4.79 Å². The number of rotatable bonds is 3. The number of nitrogens with one attached hydrogen (secondary N) is 4. The van der Waals surface area contributed by atoms with E-state index in [1.807, 2.05) is 18.2 Å². The number of amides is 1. The van der Waals surface area contributed by atoms with Gasteiger partial charge in [-0.3, -0.25) is 25.6 Å². The molecule has 8 nitrogen and oxygen atoms in total. The Kier molecular flexibility index (Phi) is 3.76. The van der Waals surface area contributed by atoms with Gasteiger partial charge in [0, 0.05) is 18.2 Å². The molecule has 1 aliphatic carbocycles. The van der Waals surface area contributed by atoms with Crippen molar-refractivity contribution in [2.75, 3.05) is 5.32 Å². The van der Waals surface area contributed by atoms with E-state index in [0.29, 0.717) is 23.5 Å². The van der Waals surface area contributed by atoms with Crippen molar-refractivity contribution in [3.63, 3.8) is 0 Å². The molecule has 3 unspecified atom stereocenters. The van der Waals surface area contributed by atoms with Crippen molar-refractivity contribution in [2.24, 2.45) is 5.92 Å². The van der Waals surface area contributed by atoms with Crippen LogP contribution in [-0.4, -0.2) is 38.2 Å². The second kappa shape index (κ2) is 6.05. The maximum absolute atomic E-state index is 12.5. The number of hydrogen-bond acceptors (Lipinski definition) is 6. The van der Waals surface area contributed by atoms with Gasteiger partial charge < -0.3 is 0 Å². The smallest absolute Gasteiger partial charge is 0.249 e. The lowest BCUT2D eigenvalue weighted by Gasteiger charge is -2.26. The summed E-state index contributed by atoms with van der Waals surface area (Å²) in [6, 6.07) is 5.69. The third-order valence-corrected chi connectivity index (χ3v) is 4.58. The van der Waals surface area contributed by atoms with E-state index in [0.717, 1.165) is 12.8 Å². The lowest BCUT2D eigenvalue weighted by molar-refractivity contribution is -0.119. The monoisotopic (exact) mass is 313 g/mol. The third-order valence-electron chi connectivity index (χ3n) is 4.58. The molecule has 23 heavy (non-hydrogen) atoms. The highest BCUT2D eigenvalue weighted by atomic mass is 16.2. The molecule has 0 radical (unpaired) electrons. The number of aromatic nitrogens is 4. The number of carbonyl (C=O) groups is 1. The number of carbonyl (C=O) groups excluding carboxylic acids is 1. The molecule has 8 heteroatoms. The summed E-state index contributed by atoms with van der Waals surface area (Å²) in [6.45, 7) is 0. The van der Waals surface area contributed by atoms with Gasteiger partial charge in [-0.05, 0) is 25.0 Å². The van der Waals surface area contributed by atoms with E-state index in [-0.39, 0.29) is 17.9 Å². The van der Waals surface area contributed by atoms with E-state index in [2.05, 4.69) is 36.3 Å². The molecule has 2 fully saturated rings. The first kappa shape index (κ1) is 14.3. The Labute approximate surface area is 133 Å².